The molecule has 150 valence electrons. The SMILES string of the molecule is CCCCNC(=O)c1nc(C(=O)Nc2ccc(C(C)C)cc2)c2n1CCCC2. The fraction of sp³-hybridized carbons (Fsp3) is 0.500. The molecule has 0 fully saturated rings. The predicted molar refractivity (Wildman–Crippen MR) is 111 cm³/mol. The molecule has 0 unspecified atom stereocenters. The predicted octanol–water partition coefficient (Wildman–Crippen LogP) is 4.13. The van der Waals surface area contributed by atoms with Gasteiger partial charge in [0.2, 0.25) is 0 Å². The topological polar surface area (TPSA) is 76.0 Å². The van der Waals surface area contributed by atoms with E-state index in [0.717, 1.165) is 50.0 Å². The van der Waals surface area contributed by atoms with Crippen LogP contribution in [0.5, 0.6) is 0 Å². The molecule has 3 rings (SSSR count). The van der Waals surface area contributed by atoms with E-state index >= 15 is 0 Å². The van der Waals surface area contributed by atoms with Crippen LogP contribution in [0.2, 0.25) is 0 Å². The molecule has 1 aliphatic heterocycles. The number of anilines is 1. The van der Waals surface area contributed by atoms with Gasteiger partial charge in [0.05, 0.1) is 5.69 Å². The minimum atomic E-state index is -0.254. The van der Waals surface area contributed by atoms with Crippen LogP contribution in [-0.4, -0.2) is 27.9 Å². The lowest BCUT2D eigenvalue weighted by Gasteiger charge is -2.17. The molecular weight excluding hydrogens is 352 g/mol. The molecule has 2 heterocycles. The highest BCUT2D eigenvalue weighted by Gasteiger charge is 2.27. The fourth-order valence-electron chi connectivity index (χ4n) is 3.50. The van der Waals surface area contributed by atoms with Gasteiger partial charge in [-0.2, -0.15) is 0 Å². The van der Waals surface area contributed by atoms with E-state index in [-0.39, 0.29) is 11.8 Å². The van der Waals surface area contributed by atoms with Gasteiger partial charge in [-0.3, -0.25) is 9.59 Å². The number of hydrogen-bond acceptors (Lipinski definition) is 3. The third-order valence-corrected chi connectivity index (χ3v) is 5.19. The summed E-state index contributed by atoms with van der Waals surface area (Å²) >= 11 is 0. The molecule has 2 amide bonds. The van der Waals surface area contributed by atoms with E-state index < -0.39 is 0 Å². The van der Waals surface area contributed by atoms with Crippen LogP contribution in [0.4, 0.5) is 5.69 Å². The first-order chi connectivity index (χ1) is 13.5. The zero-order valence-corrected chi connectivity index (χ0v) is 17.0. The molecule has 1 aliphatic rings. The molecule has 0 atom stereocenters. The third-order valence-electron chi connectivity index (χ3n) is 5.19. The summed E-state index contributed by atoms with van der Waals surface area (Å²) in [7, 11) is 0. The van der Waals surface area contributed by atoms with Gasteiger partial charge in [-0.1, -0.05) is 39.3 Å². The van der Waals surface area contributed by atoms with E-state index in [4.69, 9.17) is 0 Å². The maximum Gasteiger partial charge on any atom is 0.287 e. The van der Waals surface area contributed by atoms with Crippen molar-refractivity contribution >= 4 is 17.5 Å². The summed E-state index contributed by atoms with van der Waals surface area (Å²) in [6, 6.07) is 7.87. The van der Waals surface area contributed by atoms with E-state index in [0.29, 0.717) is 24.0 Å². The number of amides is 2. The maximum absolute atomic E-state index is 12.9. The number of aromatic nitrogens is 2. The van der Waals surface area contributed by atoms with E-state index in [2.05, 4.69) is 36.4 Å². The minimum Gasteiger partial charge on any atom is -0.349 e. The third kappa shape index (κ3) is 4.43. The van der Waals surface area contributed by atoms with Crippen molar-refractivity contribution in [1.82, 2.24) is 14.9 Å². The van der Waals surface area contributed by atoms with Crippen LogP contribution >= 0.6 is 0 Å². The summed E-state index contributed by atoms with van der Waals surface area (Å²) in [6.45, 7) is 7.71. The maximum atomic E-state index is 12.9. The summed E-state index contributed by atoms with van der Waals surface area (Å²) in [5.41, 5.74) is 3.20. The molecule has 1 aromatic carbocycles. The van der Waals surface area contributed by atoms with E-state index in [1.165, 1.54) is 5.56 Å². The van der Waals surface area contributed by atoms with Crippen LogP contribution in [0, 0.1) is 0 Å². The Morgan fingerprint density at radius 3 is 2.57 bits per heavy atom. The highest BCUT2D eigenvalue weighted by molar-refractivity contribution is 6.05. The Balaban J connectivity index is 1.80. The number of unbranched alkanes of at least 4 members (excludes halogenated alkanes) is 1. The Bertz CT molecular complexity index is 837. The van der Waals surface area contributed by atoms with Gasteiger partial charge in [-0.25, -0.2) is 4.98 Å². The molecule has 28 heavy (non-hydrogen) atoms. The molecule has 0 aliphatic carbocycles. The summed E-state index contributed by atoms with van der Waals surface area (Å²) in [6.07, 6.45) is 4.72. The molecule has 1 aromatic heterocycles. The van der Waals surface area contributed by atoms with Crippen molar-refractivity contribution in [3.05, 3.63) is 47.0 Å². The summed E-state index contributed by atoms with van der Waals surface area (Å²) in [5.74, 6) is 0.345. The van der Waals surface area contributed by atoms with Gasteiger partial charge in [0.15, 0.2) is 11.5 Å². The van der Waals surface area contributed by atoms with E-state index in [9.17, 15) is 9.59 Å². The molecule has 2 N–H and O–H groups in total. The van der Waals surface area contributed by atoms with Crippen LogP contribution in [-0.2, 0) is 13.0 Å². The minimum absolute atomic E-state index is 0.197. The second-order valence-corrected chi connectivity index (χ2v) is 7.68. The van der Waals surface area contributed by atoms with E-state index in [1.807, 2.05) is 28.8 Å². The zero-order chi connectivity index (χ0) is 20.1. The summed E-state index contributed by atoms with van der Waals surface area (Å²) in [5, 5.41) is 5.85. The Kier molecular flexibility index (Phi) is 6.49. The Labute approximate surface area is 166 Å². The first kappa shape index (κ1) is 20.1. The van der Waals surface area contributed by atoms with Crippen molar-refractivity contribution in [1.29, 1.82) is 0 Å². The number of imidazole rings is 1. The molecule has 0 spiro atoms. The number of hydrogen-bond donors (Lipinski definition) is 2. The quantitative estimate of drug-likeness (QED) is 0.707. The lowest BCUT2D eigenvalue weighted by molar-refractivity contribution is 0.0937. The Hall–Kier alpha value is -2.63. The van der Waals surface area contributed by atoms with Gasteiger partial charge >= 0.3 is 0 Å². The molecule has 0 bridgehead atoms. The van der Waals surface area contributed by atoms with Gasteiger partial charge in [0.25, 0.3) is 11.8 Å². The van der Waals surface area contributed by atoms with Crippen molar-refractivity contribution in [2.75, 3.05) is 11.9 Å². The average Bonchev–Trinajstić information content (AvgIpc) is 3.08. The van der Waals surface area contributed by atoms with Crippen molar-refractivity contribution in [2.24, 2.45) is 0 Å². The molecule has 2 aromatic rings. The Morgan fingerprint density at radius 2 is 1.89 bits per heavy atom. The number of rotatable bonds is 7. The number of benzene rings is 1. The fourth-order valence-corrected chi connectivity index (χ4v) is 3.50. The van der Waals surface area contributed by atoms with Gasteiger partial charge in [0.1, 0.15) is 0 Å². The lowest BCUT2D eigenvalue weighted by atomic mass is 10.0. The molecule has 6 nitrogen and oxygen atoms in total. The highest BCUT2D eigenvalue weighted by atomic mass is 16.2. The van der Waals surface area contributed by atoms with Crippen LogP contribution in [0.25, 0.3) is 0 Å². The molecule has 0 saturated carbocycles. The molecule has 0 radical (unpaired) electrons. The second kappa shape index (κ2) is 9.04. The van der Waals surface area contributed by atoms with Gasteiger partial charge in [0, 0.05) is 18.8 Å². The average molecular weight is 383 g/mol. The second-order valence-electron chi connectivity index (χ2n) is 7.68. The number of carbonyl (C=O) groups excluding carboxylic acids is 2. The van der Waals surface area contributed by atoms with E-state index in [1.54, 1.807) is 0 Å². The smallest absolute Gasteiger partial charge is 0.287 e. The van der Waals surface area contributed by atoms with Crippen LogP contribution in [0.1, 0.15) is 84.7 Å². The lowest BCUT2D eigenvalue weighted by Crippen LogP contribution is -2.28. The monoisotopic (exact) mass is 382 g/mol. The standard InChI is InChI=1S/C22H30N4O2/c1-4-5-13-23-22(28)20-25-19(18-8-6-7-14-26(18)20)21(27)24-17-11-9-16(10-12-17)15(2)3/h9-12,15H,4-8,13-14H2,1-3H3,(H,23,28)(H,24,27). The van der Waals surface area contributed by atoms with Crippen LogP contribution < -0.4 is 10.6 Å². The van der Waals surface area contributed by atoms with Crippen molar-refractivity contribution in [2.45, 2.75) is 65.3 Å². The Morgan fingerprint density at radius 1 is 1.14 bits per heavy atom. The van der Waals surface area contributed by atoms with Crippen molar-refractivity contribution < 1.29 is 9.59 Å². The first-order valence-electron chi connectivity index (χ1n) is 10.3. The normalized spacial score (nSPS) is 13.3. The van der Waals surface area contributed by atoms with Crippen LogP contribution in [0.15, 0.2) is 24.3 Å². The van der Waals surface area contributed by atoms with Crippen LogP contribution in [0.3, 0.4) is 0 Å². The number of nitrogens with zero attached hydrogens (tertiary/aromatic N) is 2. The van der Waals surface area contributed by atoms with Crippen molar-refractivity contribution in [3.8, 4) is 0 Å². The molecular formula is C22H30N4O2. The van der Waals surface area contributed by atoms with Gasteiger partial charge in [-0.05, 0) is 49.3 Å². The highest BCUT2D eigenvalue weighted by Crippen LogP contribution is 2.23. The van der Waals surface area contributed by atoms with Crippen molar-refractivity contribution in [3.63, 3.8) is 0 Å². The number of nitrogens with one attached hydrogen (secondary N) is 2. The van der Waals surface area contributed by atoms with Gasteiger partial charge < -0.3 is 15.2 Å². The first-order valence-corrected chi connectivity index (χ1v) is 10.3. The largest absolute Gasteiger partial charge is 0.349 e. The number of fused-ring (bicyclic) bond motifs is 1. The summed E-state index contributed by atoms with van der Waals surface area (Å²) < 4.78 is 1.92. The number of carbonyl (C=O) groups is 2. The van der Waals surface area contributed by atoms with Gasteiger partial charge in [-0.15, -0.1) is 0 Å². The summed E-state index contributed by atoms with van der Waals surface area (Å²) in [4.78, 5) is 29.9. The zero-order valence-electron chi connectivity index (χ0n) is 17.0. The molecule has 6 heteroatoms. The molecule has 0 saturated heterocycles.